The van der Waals surface area contributed by atoms with E-state index in [9.17, 15) is 30.3 Å². The Morgan fingerprint density at radius 3 is 1.33 bits per heavy atom. The number of aliphatic hydroxyl groups is 5. The van der Waals surface area contributed by atoms with E-state index in [4.69, 9.17) is 9.47 Å². The van der Waals surface area contributed by atoms with Crippen molar-refractivity contribution < 1.29 is 39.8 Å². The summed E-state index contributed by atoms with van der Waals surface area (Å²) in [5.41, 5.74) is 0. The van der Waals surface area contributed by atoms with Crippen LogP contribution < -0.4 is 5.32 Å². The average molecular weight is 868 g/mol. The van der Waals surface area contributed by atoms with Crippen LogP contribution in [0.3, 0.4) is 0 Å². The number of hydrogen-bond donors (Lipinski definition) is 6. The molecule has 61 heavy (non-hydrogen) atoms. The van der Waals surface area contributed by atoms with Gasteiger partial charge in [0, 0.05) is 6.42 Å². The molecule has 0 bridgehead atoms. The Morgan fingerprint density at radius 1 is 0.541 bits per heavy atom. The van der Waals surface area contributed by atoms with Gasteiger partial charge in [0.25, 0.3) is 0 Å². The highest BCUT2D eigenvalue weighted by Gasteiger charge is 2.44. The van der Waals surface area contributed by atoms with E-state index in [1.165, 1.54) is 180 Å². The van der Waals surface area contributed by atoms with E-state index in [2.05, 4.69) is 31.3 Å². The smallest absolute Gasteiger partial charge is 0.220 e. The highest BCUT2D eigenvalue weighted by atomic mass is 16.7. The Labute approximate surface area is 376 Å². The van der Waals surface area contributed by atoms with Gasteiger partial charge in [-0.2, -0.15) is 0 Å². The first-order chi connectivity index (χ1) is 29.8. The lowest BCUT2D eigenvalue weighted by Crippen LogP contribution is -2.60. The van der Waals surface area contributed by atoms with Gasteiger partial charge in [0.15, 0.2) is 6.29 Å². The second-order valence-electron chi connectivity index (χ2n) is 18.7. The first-order valence-corrected chi connectivity index (χ1v) is 26.4. The molecule has 7 unspecified atom stereocenters. The normalized spacial score (nSPS) is 20.4. The number of nitrogens with one attached hydrogen (secondary N) is 1. The summed E-state index contributed by atoms with van der Waals surface area (Å²) in [4.78, 5) is 13.0. The maximum Gasteiger partial charge on any atom is 0.220 e. The van der Waals surface area contributed by atoms with Crippen molar-refractivity contribution in [3.8, 4) is 0 Å². The number of carbonyl (C=O) groups excluding carboxylic acids is 1. The summed E-state index contributed by atoms with van der Waals surface area (Å²) >= 11 is 0. The minimum atomic E-state index is -1.55. The number of amides is 1. The monoisotopic (exact) mass is 868 g/mol. The molecule has 0 aromatic heterocycles. The molecule has 9 heteroatoms. The fourth-order valence-corrected chi connectivity index (χ4v) is 8.63. The zero-order valence-electron chi connectivity index (χ0n) is 39.9. The van der Waals surface area contributed by atoms with Gasteiger partial charge >= 0.3 is 0 Å². The minimum Gasteiger partial charge on any atom is -0.394 e. The fourth-order valence-electron chi connectivity index (χ4n) is 8.63. The van der Waals surface area contributed by atoms with Gasteiger partial charge < -0.3 is 40.3 Å². The topological polar surface area (TPSA) is 149 Å². The van der Waals surface area contributed by atoms with Crippen LogP contribution in [-0.2, 0) is 14.3 Å². The summed E-state index contributed by atoms with van der Waals surface area (Å²) < 4.78 is 11.3. The summed E-state index contributed by atoms with van der Waals surface area (Å²) in [5.74, 6) is -0.150. The first kappa shape index (κ1) is 57.9. The molecule has 6 N–H and O–H groups in total. The van der Waals surface area contributed by atoms with Crippen LogP contribution in [0, 0.1) is 0 Å². The van der Waals surface area contributed by atoms with Crippen LogP contribution in [-0.4, -0.2) is 87.5 Å². The highest BCUT2D eigenvalue weighted by molar-refractivity contribution is 5.76. The number of ether oxygens (including phenoxy) is 2. The van der Waals surface area contributed by atoms with Crippen molar-refractivity contribution in [2.45, 2.75) is 301 Å². The van der Waals surface area contributed by atoms with Crippen molar-refractivity contribution in [3.63, 3.8) is 0 Å². The Bertz CT molecular complexity index is 966. The number of carbonyl (C=O) groups is 1. The molecule has 7 atom stereocenters. The lowest BCUT2D eigenvalue weighted by Gasteiger charge is -2.40. The number of allylic oxidation sites excluding steroid dienone is 2. The molecular formula is C52H101NO8. The van der Waals surface area contributed by atoms with Crippen LogP contribution in [0.2, 0.25) is 0 Å². The summed E-state index contributed by atoms with van der Waals surface area (Å²) in [5, 5.41) is 54.5. The molecule has 362 valence electrons. The van der Waals surface area contributed by atoms with E-state index in [-0.39, 0.29) is 12.5 Å². The Kier molecular flexibility index (Phi) is 40.7. The fraction of sp³-hybridized carbons (Fsp3) is 0.942. The highest BCUT2D eigenvalue weighted by Crippen LogP contribution is 2.23. The lowest BCUT2D eigenvalue weighted by atomic mass is 9.99. The molecular weight excluding hydrogens is 767 g/mol. The maximum absolute atomic E-state index is 13.0. The molecule has 1 aliphatic rings. The lowest BCUT2D eigenvalue weighted by molar-refractivity contribution is -0.302. The molecule has 0 aliphatic carbocycles. The summed E-state index contributed by atoms with van der Waals surface area (Å²) in [7, 11) is 0. The standard InChI is InChI=1S/C52H101NO8/c1-3-5-7-9-11-13-15-17-19-20-21-22-23-24-25-26-28-29-31-33-35-37-39-41-46(55)45(44-60-52-51(59)50(58)49(57)47(43-54)61-52)53-48(56)42-40-38-36-34-32-30-27-18-16-14-12-10-8-6-4-2/h18,27,45-47,49-52,54-55,57-59H,3-17,19-26,28-44H2,1-2H3,(H,53,56)/b27-18-. The molecule has 1 aliphatic heterocycles. The first-order valence-electron chi connectivity index (χ1n) is 26.4. The van der Waals surface area contributed by atoms with Gasteiger partial charge in [0.1, 0.15) is 24.4 Å². The van der Waals surface area contributed by atoms with Gasteiger partial charge in [0.2, 0.25) is 5.91 Å². The third-order valence-corrected chi connectivity index (χ3v) is 12.9. The molecule has 0 radical (unpaired) electrons. The van der Waals surface area contributed by atoms with E-state index < -0.39 is 49.5 Å². The molecule has 0 aromatic carbocycles. The summed E-state index contributed by atoms with van der Waals surface area (Å²) in [6.07, 6.45) is 43.7. The predicted octanol–water partition coefficient (Wildman–Crippen LogP) is 12.1. The molecule has 0 spiro atoms. The van der Waals surface area contributed by atoms with Gasteiger partial charge in [-0.15, -0.1) is 0 Å². The quantitative estimate of drug-likeness (QED) is 0.0262. The van der Waals surface area contributed by atoms with E-state index in [0.717, 1.165) is 51.4 Å². The molecule has 1 rings (SSSR count). The van der Waals surface area contributed by atoms with Crippen molar-refractivity contribution in [1.82, 2.24) is 5.32 Å². The SMILES string of the molecule is CCCCCCCC/C=C\CCCCCCCC(=O)NC(COC1OC(CO)C(O)C(O)C1O)C(O)CCCCCCCCCCCCCCCCCCCCCCCCC. The average Bonchev–Trinajstić information content (AvgIpc) is 3.26. The molecule has 0 aromatic rings. The van der Waals surface area contributed by atoms with Crippen LogP contribution in [0.15, 0.2) is 12.2 Å². The third kappa shape index (κ3) is 33.1. The number of unbranched alkanes of at least 4 members (excludes halogenated alkanes) is 33. The molecule has 1 amide bonds. The Morgan fingerprint density at radius 2 is 0.918 bits per heavy atom. The largest absolute Gasteiger partial charge is 0.394 e. The van der Waals surface area contributed by atoms with Crippen LogP contribution >= 0.6 is 0 Å². The van der Waals surface area contributed by atoms with Gasteiger partial charge in [-0.3, -0.25) is 4.79 Å². The van der Waals surface area contributed by atoms with Gasteiger partial charge in [-0.1, -0.05) is 225 Å². The number of aliphatic hydroxyl groups excluding tert-OH is 5. The number of rotatable bonds is 45. The second-order valence-corrected chi connectivity index (χ2v) is 18.7. The second kappa shape index (κ2) is 42.9. The maximum atomic E-state index is 13.0. The van der Waals surface area contributed by atoms with E-state index in [0.29, 0.717) is 12.8 Å². The molecule has 0 saturated carbocycles. The summed E-state index contributed by atoms with van der Waals surface area (Å²) in [6.45, 7) is 3.85. The Balaban J connectivity index is 2.23. The van der Waals surface area contributed by atoms with Crippen molar-refractivity contribution in [2.24, 2.45) is 0 Å². The number of hydrogen-bond acceptors (Lipinski definition) is 8. The minimum absolute atomic E-state index is 0.138. The van der Waals surface area contributed by atoms with Crippen LogP contribution in [0.4, 0.5) is 0 Å². The van der Waals surface area contributed by atoms with Crippen LogP contribution in [0.25, 0.3) is 0 Å². The summed E-state index contributed by atoms with van der Waals surface area (Å²) in [6, 6.07) is -0.720. The van der Waals surface area contributed by atoms with Gasteiger partial charge in [-0.05, 0) is 38.5 Å². The third-order valence-electron chi connectivity index (χ3n) is 12.9. The molecule has 9 nitrogen and oxygen atoms in total. The van der Waals surface area contributed by atoms with Crippen molar-refractivity contribution in [1.29, 1.82) is 0 Å². The van der Waals surface area contributed by atoms with Gasteiger partial charge in [0.05, 0.1) is 25.4 Å². The van der Waals surface area contributed by atoms with Crippen molar-refractivity contribution in [2.75, 3.05) is 13.2 Å². The van der Waals surface area contributed by atoms with Crippen molar-refractivity contribution >= 4 is 5.91 Å². The van der Waals surface area contributed by atoms with Crippen molar-refractivity contribution in [3.05, 3.63) is 12.2 Å². The zero-order chi connectivity index (χ0) is 44.4. The van der Waals surface area contributed by atoms with E-state index in [1.54, 1.807) is 0 Å². The van der Waals surface area contributed by atoms with Crippen LogP contribution in [0.1, 0.15) is 258 Å². The zero-order valence-corrected chi connectivity index (χ0v) is 39.9. The van der Waals surface area contributed by atoms with E-state index in [1.807, 2.05) is 0 Å². The molecule has 1 saturated heterocycles. The predicted molar refractivity (Wildman–Crippen MR) is 254 cm³/mol. The molecule has 1 fully saturated rings. The van der Waals surface area contributed by atoms with Gasteiger partial charge in [-0.25, -0.2) is 0 Å². The Hall–Kier alpha value is -1.07. The van der Waals surface area contributed by atoms with E-state index >= 15 is 0 Å². The van der Waals surface area contributed by atoms with Crippen LogP contribution in [0.5, 0.6) is 0 Å². The molecule has 1 heterocycles.